The Bertz CT molecular complexity index is 635. The summed E-state index contributed by atoms with van der Waals surface area (Å²) < 4.78 is 0. The van der Waals surface area contributed by atoms with E-state index in [1.165, 1.54) is 0 Å². The van der Waals surface area contributed by atoms with Gasteiger partial charge in [0.25, 0.3) is 5.56 Å². The van der Waals surface area contributed by atoms with E-state index in [-0.39, 0.29) is 5.56 Å². The third-order valence-electron chi connectivity index (χ3n) is 2.37. The molecule has 0 aliphatic rings. The van der Waals surface area contributed by atoms with Crippen LogP contribution >= 0.6 is 0 Å². The Labute approximate surface area is 86.2 Å². The van der Waals surface area contributed by atoms with Crippen molar-refractivity contribution in [1.82, 2.24) is 9.97 Å². The zero-order chi connectivity index (χ0) is 11.0. The summed E-state index contributed by atoms with van der Waals surface area (Å²) in [5, 5.41) is 9.31. The summed E-state index contributed by atoms with van der Waals surface area (Å²) in [5.74, 6) is 0. The topological polar surface area (TPSA) is 69.5 Å². The van der Waals surface area contributed by atoms with Gasteiger partial charge >= 0.3 is 0 Å². The number of pyridine rings is 2. The number of H-pyrrole nitrogens is 1. The maximum absolute atomic E-state index is 11.5. The predicted molar refractivity (Wildman–Crippen MR) is 56.6 cm³/mol. The van der Waals surface area contributed by atoms with E-state index in [0.717, 1.165) is 5.56 Å². The number of hydrogen-bond acceptors (Lipinski definition) is 3. The summed E-state index contributed by atoms with van der Waals surface area (Å²) in [6.45, 7) is 3.63. The molecule has 0 bridgehead atoms. The molecule has 0 amide bonds. The van der Waals surface area contributed by atoms with Gasteiger partial charge in [0.2, 0.25) is 0 Å². The lowest BCUT2D eigenvalue weighted by molar-refractivity contribution is 1.17. The molecule has 0 aromatic carbocycles. The van der Waals surface area contributed by atoms with E-state index in [9.17, 15) is 4.79 Å². The van der Waals surface area contributed by atoms with Gasteiger partial charge in [-0.15, -0.1) is 0 Å². The molecule has 2 rings (SSSR count). The number of aromatic amines is 1. The fourth-order valence-electron chi connectivity index (χ4n) is 1.51. The molecule has 4 nitrogen and oxygen atoms in total. The lowest BCUT2D eigenvalue weighted by Gasteiger charge is -2.02. The number of hydrogen-bond donors (Lipinski definition) is 1. The number of nitriles is 1. The van der Waals surface area contributed by atoms with Crippen LogP contribution in [0, 0.1) is 25.2 Å². The number of aryl methyl sites for hydroxylation is 2. The first-order valence-corrected chi connectivity index (χ1v) is 4.53. The number of aromatic nitrogens is 2. The van der Waals surface area contributed by atoms with Crippen LogP contribution in [0.4, 0.5) is 0 Å². The van der Waals surface area contributed by atoms with Gasteiger partial charge in [0, 0.05) is 6.20 Å². The van der Waals surface area contributed by atoms with E-state index in [4.69, 9.17) is 5.26 Å². The Morgan fingerprint density at radius 3 is 2.87 bits per heavy atom. The fraction of sp³-hybridized carbons (Fsp3) is 0.182. The highest BCUT2D eigenvalue weighted by atomic mass is 16.1. The second kappa shape index (κ2) is 3.21. The van der Waals surface area contributed by atoms with Crippen molar-refractivity contribution in [3.8, 4) is 6.07 Å². The SMILES string of the molecule is Cc1nc2c(C)c[nH]c(=O)c2cc1C#N. The Balaban J connectivity index is 3.01. The van der Waals surface area contributed by atoms with Crippen LogP contribution in [-0.2, 0) is 0 Å². The molecule has 1 N–H and O–H groups in total. The number of nitrogens with zero attached hydrogens (tertiary/aromatic N) is 2. The number of fused-ring (bicyclic) bond motifs is 1. The van der Waals surface area contributed by atoms with Gasteiger partial charge in [-0.05, 0) is 25.5 Å². The summed E-state index contributed by atoms with van der Waals surface area (Å²) in [7, 11) is 0. The molecule has 0 aliphatic carbocycles. The molecule has 0 atom stereocenters. The van der Waals surface area contributed by atoms with Crippen LogP contribution < -0.4 is 5.56 Å². The van der Waals surface area contributed by atoms with Crippen LogP contribution in [-0.4, -0.2) is 9.97 Å². The maximum atomic E-state index is 11.5. The first-order chi connectivity index (χ1) is 7.13. The third kappa shape index (κ3) is 1.38. The standard InChI is InChI=1S/C11H9N3O/c1-6-5-13-11(15)9-3-8(4-12)7(2)14-10(6)9/h3,5H,1-2H3,(H,13,15). The zero-order valence-corrected chi connectivity index (χ0v) is 8.46. The second-order valence-electron chi connectivity index (χ2n) is 3.43. The Hall–Kier alpha value is -2.15. The molecule has 0 saturated carbocycles. The van der Waals surface area contributed by atoms with Crippen molar-refractivity contribution < 1.29 is 0 Å². The minimum Gasteiger partial charge on any atom is -0.328 e. The van der Waals surface area contributed by atoms with Crippen molar-refractivity contribution in [2.75, 3.05) is 0 Å². The van der Waals surface area contributed by atoms with Crippen LogP contribution in [0.1, 0.15) is 16.8 Å². The van der Waals surface area contributed by atoms with E-state index in [1.807, 2.05) is 13.0 Å². The summed E-state index contributed by atoms with van der Waals surface area (Å²) in [6.07, 6.45) is 1.63. The first kappa shape index (κ1) is 9.41. The Morgan fingerprint density at radius 1 is 1.47 bits per heavy atom. The second-order valence-corrected chi connectivity index (χ2v) is 3.43. The molecule has 0 unspecified atom stereocenters. The Kier molecular flexibility index (Phi) is 2.01. The van der Waals surface area contributed by atoms with Crippen LogP contribution in [0.2, 0.25) is 0 Å². The quantitative estimate of drug-likeness (QED) is 0.697. The van der Waals surface area contributed by atoms with Crippen molar-refractivity contribution in [1.29, 1.82) is 5.26 Å². The monoisotopic (exact) mass is 199 g/mol. The number of rotatable bonds is 0. The molecule has 15 heavy (non-hydrogen) atoms. The van der Waals surface area contributed by atoms with Crippen LogP contribution in [0.15, 0.2) is 17.1 Å². The van der Waals surface area contributed by atoms with Crippen LogP contribution in [0.5, 0.6) is 0 Å². The Morgan fingerprint density at radius 2 is 2.20 bits per heavy atom. The lowest BCUT2D eigenvalue weighted by atomic mass is 10.1. The predicted octanol–water partition coefficient (Wildman–Crippen LogP) is 1.41. The van der Waals surface area contributed by atoms with Gasteiger partial charge in [-0.3, -0.25) is 9.78 Å². The summed E-state index contributed by atoms with van der Waals surface area (Å²) >= 11 is 0. The maximum Gasteiger partial charge on any atom is 0.257 e. The van der Waals surface area contributed by atoms with E-state index < -0.39 is 0 Å². The minimum atomic E-state index is -0.209. The molecular formula is C11H9N3O. The third-order valence-corrected chi connectivity index (χ3v) is 2.37. The van der Waals surface area contributed by atoms with Crippen molar-refractivity contribution >= 4 is 10.9 Å². The van der Waals surface area contributed by atoms with Gasteiger partial charge in [-0.25, -0.2) is 0 Å². The molecule has 2 aromatic heterocycles. The van der Waals surface area contributed by atoms with Crippen LogP contribution in [0.25, 0.3) is 10.9 Å². The normalized spacial score (nSPS) is 10.2. The van der Waals surface area contributed by atoms with E-state index in [0.29, 0.717) is 22.2 Å². The lowest BCUT2D eigenvalue weighted by Crippen LogP contribution is -2.08. The fourth-order valence-corrected chi connectivity index (χ4v) is 1.51. The summed E-state index contributed by atoms with van der Waals surface area (Å²) in [5.41, 5.74) is 2.45. The highest BCUT2D eigenvalue weighted by Gasteiger charge is 2.07. The number of nitrogens with one attached hydrogen (secondary N) is 1. The molecule has 0 saturated heterocycles. The molecule has 0 aliphatic heterocycles. The molecule has 2 heterocycles. The van der Waals surface area contributed by atoms with Gasteiger partial charge in [0.15, 0.2) is 0 Å². The van der Waals surface area contributed by atoms with E-state index in [1.54, 1.807) is 19.2 Å². The largest absolute Gasteiger partial charge is 0.328 e. The molecule has 0 radical (unpaired) electrons. The van der Waals surface area contributed by atoms with E-state index in [2.05, 4.69) is 9.97 Å². The summed E-state index contributed by atoms with van der Waals surface area (Å²) in [4.78, 5) is 18.4. The van der Waals surface area contributed by atoms with Crippen molar-refractivity contribution in [2.45, 2.75) is 13.8 Å². The van der Waals surface area contributed by atoms with E-state index >= 15 is 0 Å². The van der Waals surface area contributed by atoms with Crippen molar-refractivity contribution in [3.63, 3.8) is 0 Å². The molecule has 2 aromatic rings. The molecule has 0 spiro atoms. The van der Waals surface area contributed by atoms with Gasteiger partial charge < -0.3 is 4.98 Å². The zero-order valence-electron chi connectivity index (χ0n) is 8.46. The van der Waals surface area contributed by atoms with Gasteiger partial charge in [0.05, 0.1) is 22.2 Å². The average Bonchev–Trinajstić information content (AvgIpc) is 2.23. The first-order valence-electron chi connectivity index (χ1n) is 4.53. The molecular weight excluding hydrogens is 190 g/mol. The van der Waals surface area contributed by atoms with Crippen molar-refractivity contribution in [3.05, 3.63) is 39.4 Å². The molecule has 4 heteroatoms. The van der Waals surface area contributed by atoms with Gasteiger partial charge in [-0.2, -0.15) is 5.26 Å². The smallest absolute Gasteiger partial charge is 0.257 e. The highest BCUT2D eigenvalue weighted by Crippen LogP contribution is 2.14. The van der Waals surface area contributed by atoms with Crippen molar-refractivity contribution in [2.24, 2.45) is 0 Å². The average molecular weight is 199 g/mol. The van der Waals surface area contributed by atoms with Gasteiger partial charge in [-0.1, -0.05) is 0 Å². The summed E-state index contributed by atoms with van der Waals surface area (Å²) in [6, 6.07) is 3.61. The van der Waals surface area contributed by atoms with Gasteiger partial charge in [0.1, 0.15) is 6.07 Å². The highest BCUT2D eigenvalue weighted by molar-refractivity contribution is 5.81. The van der Waals surface area contributed by atoms with Crippen LogP contribution in [0.3, 0.4) is 0 Å². The minimum absolute atomic E-state index is 0.209. The molecule has 74 valence electrons. The molecule has 0 fully saturated rings.